The molecular formula is C6H7BFeNdS. The van der Waals surface area contributed by atoms with Crippen LogP contribution in [0.2, 0.25) is 0 Å². The molecule has 0 spiro atoms. The Kier molecular flexibility index (Phi) is 8.53. The van der Waals surface area contributed by atoms with Gasteiger partial charge in [0.15, 0.2) is 0 Å². The molecule has 2 rings (SSSR count). The largest absolute Gasteiger partial charge is 0.0877 e. The Labute approximate surface area is 110 Å². The van der Waals surface area contributed by atoms with Crippen LogP contribution in [0.3, 0.4) is 0 Å². The molecule has 0 saturated carbocycles. The monoisotopic (exact) mass is 320 g/mol. The maximum Gasteiger partial charge on any atom is 0.0814 e. The molecule has 10 heavy (non-hydrogen) atoms. The molecule has 1 aliphatic rings. The van der Waals surface area contributed by atoms with Gasteiger partial charge in [-0.15, -0.1) is 0 Å². The average Bonchev–Trinajstić information content (AvgIpc) is 2.41. The van der Waals surface area contributed by atoms with Crippen LogP contribution in [0.25, 0.3) is 0 Å². The molecular weight excluding hydrogens is 315 g/mol. The van der Waals surface area contributed by atoms with E-state index in [0.29, 0.717) is 0 Å². The van der Waals surface area contributed by atoms with Crippen LogP contribution in [-0.4, -0.2) is 8.41 Å². The first-order valence-corrected chi connectivity index (χ1v) is 3.05. The summed E-state index contributed by atoms with van der Waals surface area (Å²) in [5, 5.41) is 0. The molecule has 0 radical (unpaired) electrons. The maximum absolute atomic E-state index is 2.14. The van der Waals surface area contributed by atoms with Crippen molar-refractivity contribution in [2.75, 3.05) is 0 Å². The van der Waals surface area contributed by atoms with Gasteiger partial charge < -0.3 is 0 Å². The first-order valence-electron chi connectivity index (χ1n) is 2.24. The van der Waals surface area contributed by atoms with Crippen molar-refractivity contribution in [3.63, 3.8) is 0 Å². The summed E-state index contributed by atoms with van der Waals surface area (Å²) in [6.07, 6.45) is 0. The molecule has 0 aromatic heterocycles. The van der Waals surface area contributed by atoms with E-state index in [9.17, 15) is 0 Å². The van der Waals surface area contributed by atoms with E-state index in [0.717, 1.165) is 0 Å². The van der Waals surface area contributed by atoms with Crippen LogP contribution in [-0.2, 0) is 17.1 Å². The second-order valence-corrected chi connectivity index (χ2v) is 2.63. The van der Waals surface area contributed by atoms with E-state index in [4.69, 9.17) is 0 Å². The standard InChI is InChI=1S/C6H4S.BH3.Fe.Nd/c1-2-4-6-5(3-1)7-6;;;/h1-4H;1H3;;. The SMILES string of the molecule is B.[Fe].[Nd].c1ccc2c(c1)S2. The second kappa shape index (κ2) is 6.07. The van der Waals surface area contributed by atoms with E-state index in [1.807, 2.05) is 11.8 Å². The van der Waals surface area contributed by atoms with Crippen molar-refractivity contribution in [3.8, 4) is 0 Å². The molecule has 1 aliphatic heterocycles. The molecule has 52 valence electrons. The van der Waals surface area contributed by atoms with Gasteiger partial charge in [-0.2, -0.15) is 0 Å². The van der Waals surface area contributed by atoms with Crippen LogP contribution >= 0.6 is 11.8 Å². The summed E-state index contributed by atoms with van der Waals surface area (Å²) < 4.78 is 0. The number of rotatable bonds is 0. The van der Waals surface area contributed by atoms with E-state index in [1.165, 1.54) is 9.79 Å². The number of benzene rings is 1. The van der Waals surface area contributed by atoms with Crippen molar-refractivity contribution in [3.05, 3.63) is 24.3 Å². The van der Waals surface area contributed by atoms with Gasteiger partial charge in [0.25, 0.3) is 0 Å². The zero-order valence-corrected chi connectivity index (χ0v) is 9.70. The average molecular weight is 322 g/mol. The van der Waals surface area contributed by atoms with Crippen LogP contribution in [0.5, 0.6) is 0 Å². The van der Waals surface area contributed by atoms with Crippen molar-refractivity contribution >= 4 is 20.2 Å². The Bertz CT molecular complexity index is 186. The van der Waals surface area contributed by atoms with E-state index in [2.05, 4.69) is 24.3 Å². The van der Waals surface area contributed by atoms with Crippen molar-refractivity contribution in [2.24, 2.45) is 0 Å². The summed E-state index contributed by atoms with van der Waals surface area (Å²) in [5.41, 5.74) is 0. The van der Waals surface area contributed by atoms with Crippen molar-refractivity contribution < 1.29 is 57.9 Å². The van der Waals surface area contributed by atoms with Crippen LogP contribution in [0.15, 0.2) is 34.1 Å². The summed E-state index contributed by atoms with van der Waals surface area (Å²) in [5.74, 6) is 0. The molecule has 0 aliphatic carbocycles. The van der Waals surface area contributed by atoms with E-state index in [-0.39, 0.29) is 66.3 Å². The molecule has 0 unspecified atom stereocenters. The van der Waals surface area contributed by atoms with Crippen LogP contribution in [0, 0.1) is 40.8 Å². The Hall–Kier alpha value is 1.51. The smallest absolute Gasteiger partial charge is 0.0814 e. The summed E-state index contributed by atoms with van der Waals surface area (Å²) in [7, 11) is 0. The van der Waals surface area contributed by atoms with Gasteiger partial charge in [0, 0.05) is 67.7 Å². The minimum atomic E-state index is 0. The third-order valence-electron chi connectivity index (χ3n) is 1.03. The normalized spacial score (nSPS) is 9.20. The third kappa shape index (κ3) is 3.27. The van der Waals surface area contributed by atoms with Gasteiger partial charge in [-0.3, -0.25) is 0 Å². The number of fused-ring (bicyclic) bond motifs is 1. The van der Waals surface area contributed by atoms with E-state index in [1.54, 1.807) is 0 Å². The zero-order chi connectivity index (χ0) is 4.69. The molecule has 0 saturated heterocycles. The minimum absolute atomic E-state index is 0. The van der Waals surface area contributed by atoms with Crippen LogP contribution < -0.4 is 0 Å². The summed E-state index contributed by atoms with van der Waals surface area (Å²) in [6.45, 7) is 0. The summed E-state index contributed by atoms with van der Waals surface area (Å²) in [6, 6.07) is 8.41. The maximum atomic E-state index is 2.14. The fraction of sp³-hybridized carbons (Fsp3) is 0. The fourth-order valence-electron chi connectivity index (χ4n) is 0.611. The molecule has 0 amide bonds. The predicted octanol–water partition coefficient (Wildman–Crippen LogP) is 0.965. The van der Waals surface area contributed by atoms with Crippen molar-refractivity contribution in [1.82, 2.24) is 0 Å². The number of hydrogen-bond donors (Lipinski definition) is 0. The first kappa shape index (κ1) is 14.1. The van der Waals surface area contributed by atoms with Gasteiger partial charge >= 0.3 is 0 Å². The van der Waals surface area contributed by atoms with Crippen LogP contribution in [0.1, 0.15) is 0 Å². The van der Waals surface area contributed by atoms with Crippen LogP contribution in [0.4, 0.5) is 0 Å². The molecule has 0 atom stereocenters. The predicted molar refractivity (Wildman–Crippen MR) is 40.5 cm³/mol. The molecule has 0 bridgehead atoms. The van der Waals surface area contributed by atoms with Gasteiger partial charge in [0.2, 0.25) is 0 Å². The van der Waals surface area contributed by atoms with Gasteiger partial charge in [0.05, 0.1) is 8.41 Å². The fourth-order valence-corrected chi connectivity index (χ4v) is 1.23. The van der Waals surface area contributed by atoms with E-state index >= 15 is 0 Å². The molecule has 4 heteroatoms. The van der Waals surface area contributed by atoms with Gasteiger partial charge in [0.1, 0.15) is 0 Å². The Morgan fingerprint density at radius 1 is 1.00 bits per heavy atom. The first-order chi connectivity index (χ1) is 3.47. The van der Waals surface area contributed by atoms with Gasteiger partial charge in [-0.1, -0.05) is 23.9 Å². The number of hydrogen-bond acceptors (Lipinski definition) is 1. The third-order valence-corrected chi connectivity index (χ3v) is 1.98. The van der Waals surface area contributed by atoms with Crippen molar-refractivity contribution in [1.29, 1.82) is 0 Å². The zero-order valence-electron chi connectivity index (χ0n) is 4.57. The molecule has 1 aromatic carbocycles. The summed E-state index contributed by atoms with van der Waals surface area (Å²) in [4.78, 5) is 2.89. The van der Waals surface area contributed by atoms with Gasteiger partial charge in [-0.05, 0) is 12.1 Å². The molecule has 0 nitrogen and oxygen atoms in total. The molecule has 1 aromatic rings. The Balaban J connectivity index is 0. The Morgan fingerprint density at radius 3 is 1.70 bits per heavy atom. The molecule has 0 fully saturated rings. The topological polar surface area (TPSA) is 0 Å². The second-order valence-electron chi connectivity index (χ2n) is 1.55. The quantitative estimate of drug-likeness (QED) is 0.514. The van der Waals surface area contributed by atoms with Gasteiger partial charge in [-0.25, -0.2) is 0 Å². The molecule has 0 N–H and O–H groups in total. The Morgan fingerprint density at radius 2 is 1.40 bits per heavy atom. The van der Waals surface area contributed by atoms with E-state index < -0.39 is 0 Å². The minimum Gasteiger partial charge on any atom is -0.0877 e. The summed E-state index contributed by atoms with van der Waals surface area (Å²) >= 11 is 1.86. The van der Waals surface area contributed by atoms with Crippen molar-refractivity contribution in [2.45, 2.75) is 9.79 Å². The molecule has 1 heterocycles.